The molecule has 76 valence electrons. The monoisotopic (exact) mass is 193 g/mol. The summed E-state index contributed by atoms with van der Waals surface area (Å²) in [6.07, 6.45) is 6.10. The Morgan fingerprint density at radius 3 is 3.07 bits per heavy atom. The van der Waals surface area contributed by atoms with Crippen molar-refractivity contribution in [3.05, 3.63) is 18.0 Å². The largest absolute Gasteiger partial charge is 0.272 e. The zero-order chi connectivity index (χ0) is 10.4. The summed E-state index contributed by atoms with van der Waals surface area (Å²) in [5.74, 6) is 0.593. The van der Waals surface area contributed by atoms with E-state index in [1.54, 1.807) is 0 Å². The lowest BCUT2D eigenvalue weighted by Crippen LogP contribution is -2.04. The van der Waals surface area contributed by atoms with Crippen molar-refractivity contribution < 1.29 is 4.79 Å². The average molecular weight is 193 g/mol. The molecule has 0 aliphatic rings. The molecule has 0 aliphatic carbocycles. The van der Waals surface area contributed by atoms with Gasteiger partial charge in [0.1, 0.15) is 0 Å². The molecule has 1 rings (SSSR count). The van der Waals surface area contributed by atoms with Crippen molar-refractivity contribution in [2.24, 2.45) is 10.9 Å². The summed E-state index contributed by atoms with van der Waals surface area (Å²) in [7, 11) is 0. The van der Waals surface area contributed by atoms with Gasteiger partial charge in [-0.3, -0.25) is 4.68 Å². The van der Waals surface area contributed by atoms with Crippen LogP contribution in [0.25, 0.3) is 0 Å². The number of nitrogens with zero attached hydrogens (tertiary/aromatic N) is 3. The van der Waals surface area contributed by atoms with Crippen LogP contribution in [0.15, 0.2) is 17.4 Å². The topological polar surface area (TPSA) is 47.2 Å². The third-order valence-corrected chi connectivity index (χ3v) is 1.82. The molecule has 0 radical (unpaired) electrons. The van der Waals surface area contributed by atoms with Crippen molar-refractivity contribution >= 4 is 6.08 Å². The molecule has 4 heteroatoms. The van der Waals surface area contributed by atoms with Crippen LogP contribution >= 0.6 is 0 Å². The van der Waals surface area contributed by atoms with Crippen molar-refractivity contribution in [1.29, 1.82) is 0 Å². The predicted octanol–water partition coefficient (Wildman–Crippen LogP) is 1.42. The fourth-order valence-electron chi connectivity index (χ4n) is 1.24. The summed E-state index contributed by atoms with van der Waals surface area (Å²) >= 11 is 0. The van der Waals surface area contributed by atoms with Gasteiger partial charge in [-0.1, -0.05) is 13.8 Å². The highest BCUT2D eigenvalue weighted by molar-refractivity contribution is 5.32. The molecule has 0 aromatic carbocycles. The molecule has 0 N–H and O–H groups in total. The van der Waals surface area contributed by atoms with Crippen LogP contribution in [0.4, 0.5) is 0 Å². The lowest BCUT2D eigenvalue weighted by molar-refractivity contribution is 0.483. The Kier molecular flexibility index (Phi) is 4.08. The maximum absolute atomic E-state index is 9.83. The Morgan fingerprint density at radius 1 is 1.64 bits per heavy atom. The van der Waals surface area contributed by atoms with Crippen LogP contribution in [0, 0.1) is 5.92 Å². The Balaban J connectivity index is 2.46. The summed E-state index contributed by atoms with van der Waals surface area (Å²) < 4.78 is 1.92. The van der Waals surface area contributed by atoms with Crippen molar-refractivity contribution in [3.63, 3.8) is 0 Å². The van der Waals surface area contributed by atoms with Crippen LogP contribution < -0.4 is 0 Å². The molecule has 1 heterocycles. The first-order valence-electron chi connectivity index (χ1n) is 4.77. The molecule has 0 atom stereocenters. The van der Waals surface area contributed by atoms with E-state index in [9.17, 15) is 4.79 Å². The van der Waals surface area contributed by atoms with Gasteiger partial charge in [-0.2, -0.15) is 5.10 Å². The van der Waals surface area contributed by atoms with Gasteiger partial charge in [-0.05, 0) is 17.9 Å². The van der Waals surface area contributed by atoms with E-state index in [0.717, 1.165) is 18.5 Å². The highest BCUT2D eigenvalue weighted by atomic mass is 16.1. The van der Waals surface area contributed by atoms with Crippen LogP contribution in [-0.4, -0.2) is 22.4 Å². The minimum atomic E-state index is 0.497. The molecule has 14 heavy (non-hydrogen) atoms. The minimum Gasteiger partial charge on any atom is -0.272 e. The van der Waals surface area contributed by atoms with Crippen molar-refractivity contribution in [2.45, 2.75) is 26.8 Å². The molecule has 0 amide bonds. The van der Waals surface area contributed by atoms with Crippen molar-refractivity contribution in [3.8, 4) is 0 Å². The smallest absolute Gasteiger partial charge is 0.234 e. The fourth-order valence-corrected chi connectivity index (χ4v) is 1.24. The molecule has 0 saturated heterocycles. The van der Waals surface area contributed by atoms with Gasteiger partial charge in [0.25, 0.3) is 0 Å². The van der Waals surface area contributed by atoms with E-state index in [1.165, 1.54) is 6.08 Å². The summed E-state index contributed by atoms with van der Waals surface area (Å²) in [5.41, 5.74) is 1.12. The Bertz CT molecular complexity index is 324. The number of carbonyl (C=O) groups excluding carboxylic acids is 1. The van der Waals surface area contributed by atoms with Gasteiger partial charge >= 0.3 is 0 Å². The lowest BCUT2D eigenvalue weighted by Gasteiger charge is -2.03. The molecule has 0 fully saturated rings. The van der Waals surface area contributed by atoms with Gasteiger partial charge in [-0.15, -0.1) is 0 Å². The number of hydrogen-bond acceptors (Lipinski definition) is 3. The Labute approximate surface area is 83.7 Å². The van der Waals surface area contributed by atoms with Gasteiger partial charge in [0.15, 0.2) is 0 Å². The maximum atomic E-state index is 9.83. The quantitative estimate of drug-likeness (QED) is 0.524. The molecule has 0 bridgehead atoms. The van der Waals surface area contributed by atoms with Gasteiger partial charge in [0, 0.05) is 12.7 Å². The van der Waals surface area contributed by atoms with Crippen LogP contribution in [0.2, 0.25) is 0 Å². The van der Waals surface area contributed by atoms with E-state index in [0.29, 0.717) is 12.5 Å². The molecule has 0 spiro atoms. The second-order valence-electron chi connectivity index (χ2n) is 3.69. The molecule has 0 unspecified atom stereocenters. The molecule has 0 saturated carbocycles. The summed E-state index contributed by atoms with van der Waals surface area (Å²) in [4.78, 5) is 13.3. The number of isocyanates is 1. The van der Waals surface area contributed by atoms with Crippen LogP contribution in [0.5, 0.6) is 0 Å². The first kappa shape index (κ1) is 10.7. The van der Waals surface area contributed by atoms with E-state index < -0.39 is 0 Å². The second kappa shape index (κ2) is 5.35. The third-order valence-electron chi connectivity index (χ3n) is 1.82. The first-order chi connectivity index (χ1) is 6.72. The van der Waals surface area contributed by atoms with E-state index in [4.69, 9.17) is 0 Å². The standard InChI is InChI=1S/C10H15N3O/c1-9(2)6-13-7-10(5-12-13)3-4-11-8-14/h5,7,9H,3-4,6H2,1-2H3. The predicted molar refractivity (Wildman–Crippen MR) is 53.8 cm³/mol. The van der Waals surface area contributed by atoms with Gasteiger partial charge in [0.2, 0.25) is 6.08 Å². The molecule has 4 nitrogen and oxygen atoms in total. The Hall–Kier alpha value is -1.41. The molecule has 1 aromatic rings. The van der Waals surface area contributed by atoms with E-state index in [2.05, 4.69) is 23.9 Å². The number of hydrogen-bond donors (Lipinski definition) is 0. The van der Waals surface area contributed by atoms with Gasteiger partial charge < -0.3 is 0 Å². The van der Waals surface area contributed by atoms with Crippen LogP contribution in [-0.2, 0) is 17.8 Å². The fraction of sp³-hybridized carbons (Fsp3) is 0.600. The molecular formula is C10H15N3O. The summed E-state index contributed by atoms with van der Waals surface area (Å²) in [5, 5.41) is 4.21. The van der Waals surface area contributed by atoms with Crippen LogP contribution in [0.3, 0.4) is 0 Å². The number of aromatic nitrogens is 2. The molecule has 0 aliphatic heterocycles. The molecule has 1 aromatic heterocycles. The highest BCUT2D eigenvalue weighted by Gasteiger charge is 1.99. The molecular weight excluding hydrogens is 178 g/mol. The SMILES string of the molecule is CC(C)Cn1cc(CCN=C=O)cn1. The minimum absolute atomic E-state index is 0.497. The normalized spacial score (nSPS) is 10.2. The average Bonchev–Trinajstić information content (AvgIpc) is 2.52. The summed E-state index contributed by atoms with van der Waals surface area (Å²) in [6, 6.07) is 0. The van der Waals surface area contributed by atoms with Gasteiger partial charge in [-0.25, -0.2) is 9.79 Å². The van der Waals surface area contributed by atoms with E-state index >= 15 is 0 Å². The zero-order valence-electron chi connectivity index (χ0n) is 8.60. The van der Waals surface area contributed by atoms with E-state index in [-0.39, 0.29) is 0 Å². The van der Waals surface area contributed by atoms with Crippen molar-refractivity contribution in [1.82, 2.24) is 9.78 Å². The lowest BCUT2D eigenvalue weighted by atomic mass is 10.2. The number of aliphatic imine (C=N–C) groups is 1. The second-order valence-corrected chi connectivity index (χ2v) is 3.69. The van der Waals surface area contributed by atoms with Crippen LogP contribution in [0.1, 0.15) is 19.4 Å². The zero-order valence-corrected chi connectivity index (χ0v) is 8.60. The third kappa shape index (κ3) is 3.54. The van der Waals surface area contributed by atoms with Crippen molar-refractivity contribution in [2.75, 3.05) is 6.54 Å². The number of rotatable bonds is 5. The summed E-state index contributed by atoms with van der Waals surface area (Å²) in [6.45, 7) is 5.73. The maximum Gasteiger partial charge on any atom is 0.234 e. The van der Waals surface area contributed by atoms with E-state index in [1.807, 2.05) is 17.1 Å². The first-order valence-corrected chi connectivity index (χ1v) is 4.77. The van der Waals surface area contributed by atoms with Gasteiger partial charge in [0.05, 0.1) is 12.7 Å². The Morgan fingerprint density at radius 2 is 2.43 bits per heavy atom. The highest BCUT2D eigenvalue weighted by Crippen LogP contribution is 2.02.